The monoisotopic (exact) mass is 373 g/mol. The van der Waals surface area contributed by atoms with Gasteiger partial charge in [-0.3, -0.25) is 9.59 Å². The first kappa shape index (κ1) is 19.0. The van der Waals surface area contributed by atoms with Gasteiger partial charge in [0.2, 0.25) is 11.8 Å². The van der Waals surface area contributed by atoms with Gasteiger partial charge < -0.3 is 25.8 Å². The Morgan fingerprint density at radius 1 is 1.22 bits per heavy atom. The van der Waals surface area contributed by atoms with Crippen LogP contribution < -0.4 is 20.9 Å². The number of benzene rings is 1. The van der Waals surface area contributed by atoms with Crippen molar-refractivity contribution in [3.63, 3.8) is 0 Å². The van der Waals surface area contributed by atoms with Crippen LogP contribution in [0.1, 0.15) is 24.8 Å². The number of hydrogen-bond donors (Lipinski definition) is 3. The predicted molar refractivity (Wildman–Crippen MR) is 104 cm³/mol. The van der Waals surface area contributed by atoms with Crippen LogP contribution in [0, 0.1) is 6.92 Å². The molecule has 2 saturated heterocycles. The molecule has 0 radical (unpaired) electrons. The quantitative estimate of drug-likeness (QED) is 0.736. The number of carbonyl (C=O) groups is 3. The summed E-state index contributed by atoms with van der Waals surface area (Å²) in [6.07, 6.45) is 2.31. The number of hydrogen-bond acceptors (Lipinski definition) is 4. The summed E-state index contributed by atoms with van der Waals surface area (Å²) < 4.78 is 0. The molecule has 2 aliphatic heterocycles. The van der Waals surface area contributed by atoms with E-state index in [-0.39, 0.29) is 24.3 Å². The first-order valence-corrected chi connectivity index (χ1v) is 9.41. The summed E-state index contributed by atoms with van der Waals surface area (Å²) >= 11 is 0. The highest BCUT2D eigenvalue weighted by Crippen LogP contribution is 2.29. The highest BCUT2D eigenvalue weighted by molar-refractivity contribution is 5.97. The number of anilines is 2. The smallest absolute Gasteiger partial charge is 0.322 e. The second-order valence-corrected chi connectivity index (χ2v) is 6.95. The van der Waals surface area contributed by atoms with Gasteiger partial charge in [-0.25, -0.2) is 4.79 Å². The van der Waals surface area contributed by atoms with Gasteiger partial charge in [-0.2, -0.15) is 0 Å². The standard InChI is InChI=1S/C19H27N5O3/c1-13-14(6-5-7-15(13)23-9-3-4-10-23)22-19(27)24-11-8-21-18(26)16(24)12-17(25)20-2/h5-7,16H,3-4,8-12H2,1-2H3,(H,20,25)(H,21,26)(H,22,27). The van der Waals surface area contributed by atoms with Gasteiger partial charge in [-0.1, -0.05) is 6.07 Å². The van der Waals surface area contributed by atoms with Crippen LogP contribution in [0.3, 0.4) is 0 Å². The Hall–Kier alpha value is -2.77. The van der Waals surface area contributed by atoms with Gasteiger partial charge in [0.1, 0.15) is 6.04 Å². The van der Waals surface area contributed by atoms with E-state index in [1.54, 1.807) is 0 Å². The molecule has 3 N–H and O–H groups in total. The van der Waals surface area contributed by atoms with E-state index in [0.29, 0.717) is 13.1 Å². The molecule has 146 valence electrons. The predicted octanol–water partition coefficient (Wildman–Crippen LogP) is 1.06. The molecule has 2 aliphatic rings. The van der Waals surface area contributed by atoms with Crippen molar-refractivity contribution in [3.8, 4) is 0 Å². The second kappa shape index (κ2) is 8.28. The van der Waals surface area contributed by atoms with Crippen molar-refractivity contribution in [1.29, 1.82) is 0 Å². The van der Waals surface area contributed by atoms with E-state index in [4.69, 9.17) is 0 Å². The molecule has 1 atom stereocenters. The number of carbonyl (C=O) groups excluding carboxylic acids is 3. The van der Waals surface area contributed by atoms with Crippen LogP contribution in [0.25, 0.3) is 0 Å². The molecule has 1 aromatic rings. The third-order valence-corrected chi connectivity index (χ3v) is 5.24. The van der Waals surface area contributed by atoms with Gasteiger partial charge >= 0.3 is 6.03 Å². The third kappa shape index (κ3) is 4.15. The minimum Gasteiger partial charge on any atom is -0.371 e. The van der Waals surface area contributed by atoms with E-state index in [0.717, 1.165) is 30.0 Å². The summed E-state index contributed by atoms with van der Waals surface area (Å²) in [7, 11) is 1.51. The number of piperazine rings is 1. The lowest BCUT2D eigenvalue weighted by atomic mass is 10.1. The molecule has 3 rings (SSSR count). The number of urea groups is 1. The largest absolute Gasteiger partial charge is 0.371 e. The summed E-state index contributed by atoms with van der Waals surface area (Å²) in [6.45, 7) is 4.79. The maximum absolute atomic E-state index is 12.9. The fraction of sp³-hybridized carbons (Fsp3) is 0.526. The zero-order valence-electron chi connectivity index (χ0n) is 15.9. The topological polar surface area (TPSA) is 93.8 Å². The summed E-state index contributed by atoms with van der Waals surface area (Å²) in [6, 6.07) is 4.70. The molecule has 1 unspecified atom stereocenters. The van der Waals surface area contributed by atoms with Crippen LogP contribution in [0.2, 0.25) is 0 Å². The van der Waals surface area contributed by atoms with Crippen LogP contribution >= 0.6 is 0 Å². The molecule has 8 nitrogen and oxygen atoms in total. The molecule has 0 spiro atoms. The summed E-state index contributed by atoms with van der Waals surface area (Å²) in [4.78, 5) is 40.6. The number of rotatable bonds is 4. The summed E-state index contributed by atoms with van der Waals surface area (Å²) in [5, 5.41) is 8.16. The van der Waals surface area contributed by atoms with Crippen molar-refractivity contribution in [2.75, 3.05) is 43.4 Å². The van der Waals surface area contributed by atoms with Crippen molar-refractivity contribution in [3.05, 3.63) is 23.8 Å². The zero-order chi connectivity index (χ0) is 19.4. The Bertz CT molecular complexity index is 730. The lowest BCUT2D eigenvalue weighted by Gasteiger charge is -2.34. The third-order valence-electron chi connectivity index (χ3n) is 5.24. The molecule has 0 aromatic heterocycles. The number of nitrogens with one attached hydrogen (secondary N) is 3. The highest BCUT2D eigenvalue weighted by atomic mass is 16.2. The first-order valence-electron chi connectivity index (χ1n) is 9.41. The van der Waals surface area contributed by atoms with E-state index < -0.39 is 6.04 Å². The molecule has 2 fully saturated rings. The number of nitrogens with zero attached hydrogens (tertiary/aromatic N) is 2. The molecule has 0 saturated carbocycles. The van der Waals surface area contributed by atoms with Crippen LogP contribution in [-0.2, 0) is 9.59 Å². The molecule has 4 amide bonds. The molecule has 0 aliphatic carbocycles. The number of amides is 4. The normalized spacial score (nSPS) is 19.6. The average molecular weight is 373 g/mol. The minimum absolute atomic E-state index is 0.0530. The van der Waals surface area contributed by atoms with Gasteiger partial charge in [-0.05, 0) is 37.5 Å². The first-order chi connectivity index (χ1) is 13.0. The van der Waals surface area contributed by atoms with E-state index in [9.17, 15) is 14.4 Å². The van der Waals surface area contributed by atoms with Gasteiger partial charge in [0.15, 0.2) is 0 Å². The maximum atomic E-state index is 12.9. The molecular formula is C19H27N5O3. The Kier molecular flexibility index (Phi) is 5.83. The van der Waals surface area contributed by atoms with E-state index in [2.05, 4.69) is 26.9 Å². The lowest BCUT2D eigenvalue weighted by molar-refractivity contribution is -0.132. The zero-order valence-corrected chi connectivity index (χ0v) is 15.9. The SMILES string of the molecule is CNC(=O)CC1C(=O)NCCN1C(=O)Nc1cccc(N2CCCC2)c1C. The second-order valence-electron chi connectivity index (χ2n) is 6.95. The molecule has 27 heavy (non-hydrogen) atoms. The van der Waals surface area contributed by atoms with Crippen LogP contribution in [-0.4, -0.2) is 62.0 Å². The fourth-order valence-electron chi connectivity index (χ4n) is 3.68. The molecule has 8 heteroatoms. The molecular weight excluding hydrogens is 346 g/mol. The minimum atomic E-state index is -0.805. The Balaban J connectivity index is 1.76. The van der Waals surface area contributed by atoms with Gasteiger partial charge in [0.05, 0.1) is 6.42 Å². The van der Waals surface area contributed by atoms with Crippen molar-refractivity contribution in [2.24, 2.45) is 0 Å². The Labute approximate surface area is 159 Å². The van der Waals surface area contributed by atoms with Gasteiger partial charge in [0.25, 0.3) is 0 Å². The van der Waals surface area contributed by atoms with E-state index >= 15 is 0 Å². The fourth-order valence-corrected chi connectivity index (χ4v) is 3.68. The van der Waals surface area contributed by atoms with E-state index in [1.807, 2.05) is 19.1 Å². The summed E-state index contributed by atoms with van der Waals surface area (Å²) in [5.41, 5.74) is 2.87. The molecule has 2 heterocycles. The Morgan fingerprint density at radius 2 is 1.96 bits per heavy atom. The molecule has 0 bridgehead atoms. The van der Waals surface area contributed by atoms with Crippen molar-refractivity contribution >= 4 is 29.2 Å². The van der Waals surface area contributed by atoms with Crippen molar-refractivity contribution in [1.82, 2.24) is 15.5 Å². The lowest BCUT2D eigenvalue weighted by Crippen LogP contribution is -2.59. The van der Waals surface area contributed by atoms with Crippen LogP contribution in [0.5, 0.6) is 0 Å². The average Bonchev–Trinajstić information content (AvgIpc) is 3.19. The summed E-state index contributed by atoms with van der Waals surface area (Å²) in [5.74, 6) is -0.579. The Morgan fingerprint density at radius 3 is 2.67 bits per heavy atom. The van der Waals surface area contributed by atoms with Crippen molar-refractivity contribution < 1.29 is 14.4 Å². The van der Waals surface area contributed by atoms with E-state index in [1.165, 1.54) is 24.8 Å². The highest BCUT2D eigenvalue weighted by Gasteiger charge is 2.34. The van der Waals surface area contributed by atoms with Gasteiger partial charge in [0, 0.05) is 44.6 Å². The van der Waals surface area contributed by atoms with Crippen molar-refractivity contribution in [2.45, 2.75) is 32.2 Å². The van der Waals surface area contributed by atoms with Gasteiger partial charge in [-0.15, -0.1) is 0 Å². The van der Waals surface area contributed by atoms with Crippen LogP contribution in [0.4, 0.5) is 16.2 Å². The van der Waals surface area contributed by atoms with Crippen LogP contribution in [0.15, 0.2) is 18.2 Å². The maximum Gasteiger partial charge on any atom is 0.322 e. The molecule has 1 aromatic carbocycles.